The average Bonchev–Trinajstić information content (AvgIpc) is 3.00. The van der Waals surface area contributed by atoms with Crippen LogP contribution in [0, 0.1) is 0 Å². The van der Waals surface area contributed by atoms with Crippen LogP contribution < -0.4 is 9.80 Å². The highest BCUT2D eigenvalue weighted by Gasteiger charge is 2.37. The molecule has 3 rings (SSSR count). The van der Waals surface area contributed by atoms with Gasteiger partial charge in [-0.3, -0.25) is 9.69 Å². The molecular weight excluding hydrogens is 288 g/mol. The zero-order chi connectivity index (χ0) is 15.9. The van der Waals surface area contributed by atoms with Crippen LogP contribution in [0.15, 0.2) is 18.2 Å². The molecule has 0 radical (unpaired) electrons. The number of hydrogen-bond acceptors (Lipinski definition) is 4. The maximum Gasteiger partial charge on any atom is 0.415 e. The topological polar surface area (TPSA) is 87.2 Å². The third-order valence-electron chi connectivity index (χ3n) is 3.84. The van der Waals surface area contributed by atoms with Gasteiger partial charge in [0.05, 0.1) is 13.0 Å². The number of carbonyl (C=O) groups excluding carboxylic acids is 2. The predicted molar refractivity (Wildman–Crippen MR) is 78.0 cm³/mol. The van der Waals surface area contributed by atoms with Crippen molar-refractivity contribution in [2.45, 2.75) is 25.9 Å². The van der Waals surface area contributed by atoms with Crippen molar-refractivity contribution in [1.29, 1.82) is 0 Å². The first-order valence-electron chi connectivity index (χ1n) is 7.15. The number of amides is 2. The molecule has 2 aliphatic heterocycles. The third kappa shape index (κ3) is 2.28. The van der Waals surface area contributed by atoms with Gasteiger partial charge < -0.3 is 14.7 Å². The zero-order valence-electron chi connectivity index (χ0n) is 12.1. The van der Waals surface area contributed by atoms with E-state index in [9.17, 15) is 14.4 Å². The monoisotopic (exact) mass is 304 g/mol. The molecule has 0 spiro atoms. The van der Waals surface area contributed by atoms with E-state index in [1.807, 2.05) is 6.92 Å². The van der Waals surface area contributed by atoms with E-state index in [4.69, 9.17) is 9.84 Å². The summed E-state index contributed by atoms with van der Waals surface area (Å²) in [6, 6.07) is 5.27. The third-order valence-corrected chi connectivity index (χ3v) is 3.84. The van der Waals surface area contributed by atoms with Crippen LogP contribution in [-0.2, 0) is 20.7 Å². The molecular formula is C15H16N2O5. The second kappa shape index (κ2) is 5.32. The predicted octanol–water partition coefficient (Wildman–Crippen LogP) is 1.40. The van der Waals surface area contributed by atoms with Crippen molar-refractivity contribution in [3.05, 3.63) is 23.8 Å². The van der Waals surface area contributed by atoms with E-state index < -0.39 is 18.2 Å². The molecule has 2 heterocycles. The fourth-order valence-corrected chi connectivity index (χ4v) is 2.81. The molecule has 0 bridgehead atoms. The average molecular weight is 304 g/mol. The molecule has 2 aliphatic rings. The van der Waals surface area contributed by atoms with Crippen molar-refractivity contribution in [3.63, 3.8) is 0 Å². The Bertz CT molecular complexity index is 657. The Kier molecular flexibility index (Phi) is 3.48. The van der Waals surface area contributed by atoms with Crippen molar-refractivity contribution in [3.8, 4) is 0 Å². The number of fused-ring (bicyclic) bond motifs is 1. The van der Waals surface area contributed by atoms with Crippen LogP contribution in [0.25, 0.3) is 0 Å². The van der Waals surface area contributed by atoms with Crippen molar-refractivity contribution in [2.24, 2.45) is 0 Å². The van der Waals surface area contributed by atoms with Crippen molar-refractivity contribution in [1.82, 2.24) is 0 Å². The highest BCUT2D eigenvalue weighted by Crippen LogP contribution is 2.33. The quantitative estimate of drug-likeness (QED) is 0.908. The number of carboxylic acids is 1. The molecule has 1 saturated heterocycles. The Balaban J connectivity index is 1.87. The first-order chi connectivity index (χ1) is 10.5. The molecule has 0 aliphatic carbocycles. The van der Waals surface area contributed by atoms with E-state index in [1.54, 1.807) is 23.1 Å². The number of aliphatic carboxylic acids is 1. The lowest BCUT2D eigenvalue weighted by molar-refractivity contribution is -0.144. The summed E-state index contributed by atoms with van der Waals surface area (Å²) < 4.78 is 4.80. The number of rotatable bonds is 4. The van der Waals surface area contributed by atoms with Crippen molar-refractivity contribution in [2.75, 3.05) is 22.9 Å². The Labute approximate surface area is 127 Å². The first-order valence-corrected chi connectivity index (χ1v) is 7.15. The van der Waals surface area contributed by atoms with Crippen LogP contribution in [-0.4, -0.2) is 42.3 Å². The molecule has 1 fully saturated rings. The number of cyclic esters (lactones) is 1. The zero-order valence-corrected chi connectivity index (χ0v) is 12.1. The molecule has 1 aromatic rings. The number of ether oxygens (including phenoxy) is 1. The van der Waals surface area contributed by atoms with Gasteiger partial charge in [-0.15, -0.1) is 0 Å². The van der Waals surface area contributed by atoms with Crippen LogP contribution in [0.1, 0.15) is 18.9 Å². The second-order valence-electron chi connectivity index (χ2n) is 5.36. The summed E-state index contributed by atoms with van der Waals surface area (Å²) in [6.07, 6.45) is -0.666. The van der Waals surface area contributed by atoms with Crippen LogP contribution >= 0.6 is 0 Å². The summed E-state index contributed by atoms with van der Waals surface area (Å²) in [5, 5.41) is 8.92. The van der Waals surface area contributed by atoms with E-state index in [-0.39, 0.29) is 12.5 Å². The van der Waals surface area contributed by atoms with Gasteiger partial charge in [-0.25, -0.2) is 9.59 Å². The Morgan fingerprint density at radius 1 is 1.41 bits per heavy atom. The van der Waals surface area contributed by atoms with Crippen LogP contribution in [0.4, 0.5) is 16.2 Å². The Hall–Kier alpha value is -2.57. The summed E-state index contributed by atoms with van der Waals surface area (Å²) in [7, 11) is 0. The molecule has 0 unspecified atom stereocenters. The highest BCUT2D eigenvalue weighted by molar-refractivity contribution is 6.02. The summed E-state index contributed by atoms with van der Waals surface area (Å²) >= 11 is 0. The van der Waals surface area contributed by atoms with Crippen molar-refractivity contribution >= 4 is 29.3 Å². The van der Waals surface area contributed by atoms with Gasteiger partial charge in [0, 0.05) is 17.9 Å². The largest absolute Gasteiger partial charge is 0.478 e. The van der Waals surface area contributed by atoms with Crippen molar-refractivity contribution < 1.29 is 24.2 Å². The summed E-state index contributed by atoms with van der Waals surface area (Å²) in [5.74, 6) is -1.12. The number of carboxylic acid groups (broad SMARTS) is 1. The van der Waals surface area contributed by atoms with Gasteiger partial charge in [-0.05, 0) is 30.2 Å². The SMILES string of the molecule is CCCN1C(=O)Cc2cc(N3C[C@H](C(=O)O)OC3=O)ccc21. The van der Waals surface area contributed by atoms with Gasteiger partial charge in [-0.2, -0.15) is 0 Å². The maximum atomic E-state index is 12.0. The molecule has 7 heteroatoms. The molecule has 0 aromatic heterocycles. The number of nitrogens with zero attached hydrogens (tertiary/aromatic N) is 2. The van der Waals surface area contributed by atoms with Crippen LogP contribution in [0.2, 0.25) is 0 Å². The molecule has 1 N–H and O–H groups in total. The Morgan fingerprint density at radius 2 is 2.18 bits per heavy atom. The van der Waals surface area contributed by atoms with E-state index >= 15 is 0 Å². The molecule has 2 amide bonds. The van der Waals surface area contributed by atoms with E-state index in [0.29, 0.717) is 18.7 Å². The lowest BCUT2D eigenvalue weighted by atomic mass is 10.1. The smallest absolute Gasteiger partial charge is 0.415 e. The fraction of sp³-hybridized carbons (Fsp3) is 0.400. The van der Waals surface area contributed by atoms with Gasteiger partial charge in [0.15, 0.2) is 0 Å². The highest BCUT2D eigenvalue weighted by atomic mass is 16.6. The van der Waals surface area contributed by atoms with E-state index in [1.165, 1.54) is 4.90 Å². The molecule has 0 saturated carbocycles. The van der Waals surface area contributed by atoms with Gasteiger partial charge in [0.2, 0.25) is 12.0 Å². The number of benzene rings is 1. The summed E-state index contributed by atoms with van der Waals surface area (Å²) in [4.78, 5) is 37.7. The van der Waals surface area contributed by atoms with Gasteiger partial charge >= 0.3 is 12.1 Å². The standard InChI is InChI=1S/C15H16N2O5/c1-2-5-16-11-4-3-10(6-9(11)7-13(16)18)17-8-12(14(19)20)22-15(17)21/h3-4,6,12H,2,5,7-8H2,1H3,(H,19,20)/t12-/m1/s1. The molecule has 1 atom stereocenters. The summed E-state index contributed by atoms with van der Waals surface area (Å²) in [6.45, 7) is 2.64. The minimum atomic E-state index is -1.17. The minimum absolute atomic E-state index is 0.0282. The fourth-order valence-electron chi connectivity index (χ4n) is 2.81. The lowest BCUT2D eigenvalue weighted by Gasteiger charge is -2.18. The van der Waals surface area contributed by atoms with E-state index in [2.05, 4.69) is 0 Å². The molecule has 22 heavy (non-hydrogen) atoms. The summed E-state index contributed by atoms with van der Waals surface area (Å²) in [5.41, 5.74) is 2.26. The first kappa shape index (κ1) is 14.4. The minimum Gasteiger partial charge on any atom is -0.478 e. The van der Waals surface area contributed by atoms with Gasteiger partial charge in [-0.1, -0.05) is 6.92 Å². The molecule has 1 aromatic carbocycles. The lowest BCUT2D eigenvalue weighted by Crippen LogP contribution is -2.28. The van der Waals surface area contributed by atoms with Gasteiger partial charge in [0.25, 0.3) is 0 Å². The number of anilines is 2. The normalized spacial score (nSPS) is 20.3. The van der Waals surface area contributed by atoms with Crippen LogP contribution in [0.3, 0.4) is 0 Å². The van der Waals surface area contributed by atoms with Crippen LogP contribution in [0.5, 0.6) is 0 Å². The molecule has 116 valence electrons. The van der Waals surface area contributed by atoms with E-state index in [0.717, 1.165) is 17.7 Å². The number of hydrogen-bond donors (Lipinski definition) is 1. The number of carbonyl (C=O) groups is 3. The Morgan fingerprint density at radius 3 is 2.82 bits per heavy atom. The molecule has 7 nitrogen and oxygen atoms in total. The van der Waals surface area contributed by atoms with Gasteiger partial charge in [0.1, 0.15) is 0 Å². The maximum absolute atomic E-state index is 12.0. The second-order valence-corrected chi connectivity index (χ2v) is 5.36.